The number of carbonyl (C=O) groups excluding carboxylic acids is 1. The summed E-state index contributed by atoms with van der Waals surface area (Å²) in [6.07, 6.45) is 8.23. The van der Waals surface area contributed by atoms with Gasteiger partial charge >= 0.3 is 6.03 Å². The van der Waals surface area contributed by atoms with Crippen molar-refractivity contribution in [1.82, 2.24) is 10.2 Å². The Balaban J connectivity index is 1.32. The average Bonchev–Trinajstić information content (AvgIpc) is 2.64. The van der Waals surface area contributed by atoms with E-state index in [4.69, 9.17) is 4.74 Å². The number of ether oxygens (including phenoxy) is 1. The van der Waals surface area contributed by atoms with Crippen LogP contribution in [0.2, 0.25) is 0 Å². The third kappa shape index (κ3) is 5.23. The van der Waals surface area contributed by atoms with Crippen LogP contribution in [0, 0.1) is 5.92 Å². The van der Waals surface area contributed by atoms with Crippen LogP contribution in [0.3, 0.4) is 0 Å². The van der Waals surface area contributed by atoms with Crippen molar-refractivity contribution in [3.63, 3.8) is 0 Å². The molecule has 3 rings (SSSR count). The summed E-state index contributed by atoms with van der Waals surface area (Å²) in [6, 6.07) is 10.8. The molecule has 4 heteroatoms. The minimum absolute atomic E-state index is 0.144. The number of carbonyl (C=O) groups is 1. The van der Waals surface area contributed by atoms with Gasteiger partial charge < -0.3 is 15.0 Å². The molecule has 1 aromatic rings. The van der Waals surface area contributed by atoms with Crippen LogP contribution in [0.1, 0.15) is 50.5 Å². The van der Waals surface area contributed by atoms with E-state index in [2.05, 4.69) is 17.4 Å². The largest absolute Gasteiger partial charge is 0.376 e. The number of amides is 2. The first kappa shape index (κ1) is 17.3. The van der Waals surface area contributed by atoms with Crippen molar-refractivity contribution in [1.29, 1.82) is 0 Å². The van der Waals surface area contributed by atoms with E-state index in [-0.39, 0.29) is 6.03 Å². The van der Waals surface area contributed by atoms with E-state index in [0.717, 1.165) is 45.4 Å². The highest BCUT2D eigenvalue weighted by Crippen LogP contribution is 2.20. The molecule has 2 amide bonds. The van der Waals surface area contributed by atoms with Crippen molar-refractivity contribution >= 4 is 6.03 Å². The van der Waals surface area contributed by atoms with E-state index in [1.807, 2.05) is 23.1 Å². The Morgan fingerprint density at radius 2 is 1.75 bits per heavy atom. The molecule has 24 heavy (non-hydrogen) atoms. The van der Waals surface area contributed by atoms with Gasteiger partial charge in [-0.3, -0.25) is 0 Å². The number of nitrogens with one attached hydrogen (secondary N) is 1. The molecular formula is C20H30N2O2. The zero-order valence-corrected chi connectivity index (χ0v) is 14.6. The Kier molecular flexibility index (Phi) is 6.53. The second-order valence-electron chi connectivity index (χ2n) is 7.22. The molecule has 1 aliphatic heterocycles. The predicted octanol–water partition coefficient (Wildman–Crippen LogP) is 3.96. The molecule has 1 saturated carbocycles. The van der Waals surface area contributed by atoms with Crippen LogP contribution in [0.25, 0.3) is 0 Å². The molecule has 0 radical (unpaired) electrons. The molecule has 132 valence electrons. The fourth-order valence-corrected chi connectivity index (χ4v) is 3.73. The van der Waals surface area contributed by atoms with Gasteiger partial charge in [0.25, 0.3) is 0 Å². The zero-order valence-electron chi connectivity index (χ0n) is 14.6. The minimum Gasteiger partial charge on any atom is -0.376 e. The number of piperidine rings is 1. The number of hydrogen-bond acceptors (Lipinski definition) is 2. The van der Waals surface area contributed by atoms with E-state index < -0.39 is 0 Å². The second-order valence-corrected chi connectivity index (χ2v) is 7.22. The van der Waals surface area contributed by atoms with Gasteiger partial charge in [0.05, 0.1) is 6.61 Å². The van der Waals surface area contributed by atoms with Crippen LogP contribution < -0.4 is 5.32 Å². The maximum Gasteiger partial charge on any atom is 0.317 e. The highest BCUT2D eigenvalue weighted by Gasteiger charge is 2.25. The van der Waals surface area contributed by atoms with E-state index in [1.165, 1.54) is 24.8 Å². The summed E-state index contributed by atoms with van der Waals surface area (Å²) in [4.78, 5) is 14.3. The first-order valence-corrected chi connectivity index (χ1v) is 9.48. The fourth-order valence-electron chi connectivity index (χ4n) is 3.73. The van der Waals surface area contributed by atoms with Gasteiger partial charge in [-0.15, -0.1) is 0 Å². The number of hydrogen-bond donors (Lipinski definition) is 1. The summed E-state index contributed by atoms with van der Waals surface area (Å²) < 4.78 is 5.86. The molecule has 0 spiro atoms. The van der Waals surface area contributed by atoms with Crippen molar-refractivity contribution in [2.24, 2.45) is 5.92 Å². The Hall–Kier alpha value is -1.55. The SMILES string of the molecule is O=C(NC1CCCCC1)N1CCC(COCc2ccccc2)CC1. The van der Waals surface area contributed by atoms with Gasteiger partial charge in [0, 0.05) is 25.7 Å². The van der Waals surface area contributed by atoms with Gasteiger partial charge in [0.1, 0.15) is 0 Å². The van der Waals surface area contributed by atoms with E-state index >= 15 is 0 Å². The van der Waals surface area contributed by atoms with Gasteiger partial charge in [-0.2, -0.15) is 0 Å². The first-order chi connectivity index (χ1) is 11.8. The van der Waals surface area contributed by atoms with Crippen LogP contribution in [-0.2, 0) is 11.3 Å². The van der Waals surface area contributed by atoms with Crippen molar-refractivity contribution < 1.29 is 9.53 Å². The molecule has 0 aromatic heterocycles. The molecule has 1 heterocycles. The molecule has 0 unspecified atom stereocenters. The van der Waals surface area contributed by atoms with E-state index in [0.29, 0.717) is 18.6 Å². The summed E-state index contributed by atoms with van der Waals surface area (Å²) >= 11 is 0. The van der Waals surface area contributed by atoms with Gasteiger partial charge in [-0.1, -0.05) is 49.6 Å². The van der Waals surface area contributed by atoms with E-state index in [9.17, 15) is 4.79 Å². The lowest BCUT2D eigenvalue weighted by Gasteiger charge is -2.33. The van der Waals surface area contributed by atoms with Crippen molar-refractivity contribution in [2.45, 2.75) is 57.6 Å². The van der Waals surface area contributed by atoms with Gasteiger partial charge in [-0.25, -0.2) is 4.79 Å². The van der Waals surface area contributed by atoms with Crippen molar-refractivity contribution in [3.8, 4) is 0 Å². The van der Waals surface area contributed by atoms with Crippen LogP contribution in [0.5, 0.6) is 0 Å². The molecule has 1 saturated heterocycles. The fraction of sp³-hybridized carbons (Fsp3) is 0.650. The summed E-state index contributed by atoms with van der Waals surface area (Å²) in [7, 11) is 0. The third-order valence-corrected chi connectivity index (χ3v) is 5.30. The van der Waals surface area contributed by atoms with Gasteiger partial charge in [0.2, 0.25) is 0 Å². The van der Waals surface area contributed by atoms with Crippen molar-refractivity contribution in [3.05, 3.63) is 35.9 Å². The van der Waals surface area contributed by atoms with Gasteiger partial charge in [0.15, 0.2) is 0 Å². The predicted molar refractivity (Wildman–Crippen MR) is 95.8 cm³/mol. The highest BCUT2D eigenvalue weighted by molar-refractivity contribution is 5.74. The molecule has 2 fully saturated rings. The van der Waals surface area contributed by atoms with Crippen molar-refractivity contribution in [2.75, 3.05) is 19.7 Å². The molecule has 1 aliphatic carbocycles. The second kappa shape index (κ2) is 9.07. The Labute approximate surface area is 145 Å². The minimum atomic E-state index is 0.144. The standard InChI is InChI=1S/C20H30N2O2/c23-20(21-19-9-5-2-6-10-19)22-13-11-18(12-14-22)16-24-15-17-7-3-1-4-8-17/h1,3-4,7-8,18-19H,2,5-6,9-16H2,(H,21,23). The lowest BCUT2D eigenvalue weighted by Crippen LogP contribution is -2.48. The quantitative estimate of drug-likeness (QED) is 0.888. The lowest BCUT2D eigenvalue weighted by atomic mass is 9.95. The van der Waals surface area contributed by atoms with Crippen LogP contribution in [0.4, 0.5) is 4.79 Å². The summed E-state index contributed by atoms with van der Waals surface area (Å²) in [5.41, 5.74) is 1.22. The average molecular weight is 330 g/mol. The molecular weight excluding hydrogens is 300 g/mol. The first-order valence-electron chi connectivity index (χ1n) is 9.48. The Morgan fingerprint density at radius 1 is 1.04 bits per heavy atom. The summed E-state index contributed by atoms with van der Waals surface area (Å²) in [5.74, 6) is 0.576. The molecule has 1 aromatic carbocycles. The van der Waals surface area contributed by atoms with Crippen LogP contribution >= 0.6 is 0 Å². The number of benzene rings is 1. The molecule has 4 nitrogen and oxygen atoms in total. The molecule has 0 atom stereocenters. The maximum absolute atomic E-state index is 12.4. The number of urea groups is 1. The zero-order chi connectivity index (χ0) is 16.6. The van der Waals surface area contributed by atoms with E-state index in [1.54, 1.807) is 0 Å². The summed E-state index contributed by atoms with van der Waals surface area (Å²) in [5, 5.41) is 3.22. The monoisotopic (exact) mass is 330 g/mol. The Bertz CT molecular complexity index is 492. The molecule has 0 bridgehead atoms. The van der Waals surface area contributed by atoms with Crippen LogP contribution in [-0.4, -0.2) is 36.7 Å². The number of likely N-dealkylation sites (tertiary alicyclic amines) is 1. The lowest BCUT2D eigenvalue weighted by molar-refractivity contribution is 0.0625. The molecule has 2 aliphatic rings. The number of nitrogens with zero attached hydrogens (tertiary/aromatic N) is 1. The smallest absolute Gasteiger partial charge is 0.317 e. The normalized spacial score (nSPS) is 20.1. The highest BCUT2D eigenvalue weighted by atomic mass is 16.5. The Morgan fingerprint density at radius 3 is 2.46 bits per heavy atom. The van der Waals surface area contributed by atoms with Gasteiger partial charge in [-0.05, 0) is 37.2 Å². The number of rotatable bonds is 5. The maximum atomic E-state index is 12.4. The topological polar surface area (TPSA) is 41.6 Å². The molecule has 1 N–H and O–H groups in total. The van der Waals surface area contributed by atoms with Crippen LogP contribution in [0.15, 0.2) is 30.3 Å². The summed E-state index contributed by atoms with van der Waals surface area (Å²) in [6.45, 7) is 3.20. The third-order valence-electron chi connectivity index (χ3n) is 5.30.